The summed E-state index contributed by atoms with van der Waals surface area (Å²) in [7, 11) is 3.07. The number of carboxylic acid groups (broad SMARTS) is 1. The number of carbonyl (C=O) groups is 2. The molecule has 6 heteroatoms. The molecule has 1 aromatic rings. The monoisotopic (exact) mass is 308 g/mol. The molecule has 22 heavy (non-hydrogen) atoms. The van der Waals surface area contributed by atoms with Crippen molar-refractivity contribution >= 4 is 11.9 Å². The minimum Gasteiger partial charge on any atom is -0.497 e. The summed E-state index contributed by atoms with van der Waals surface area (Å²) in [5.41, 5.74) is 0.717. The number of rotatable bonds is 8. The highest BCUT2D eigenvalue weighted by Crippen LogP contribution is 2.23. The zero-order valence-corrected chi connectivity index (χ0v) is 12.9. The van der Waals surface area contributed by atoms with E-state index in [9.17, 15) is 9.59 Å². The number of ether oxygens (including phenoxy) is 3. The van der Waals surface area contributed by atoms with Crippen molar-refractivity contribution in [1.29, 1.82) is 0 Å². The molecule has 1 atom stereocenters. The predicted molar refractivity (Wildman–Crippen MR) is 80.2 cm³/mol. The van der Waals surface area contributed by atoms with Crippen LogP contribution in [0.4, 0.5) is 0 Å². The van der Waals surface area contributed by atoms with Gasteiger partial charge in [-0.2, -0.15) is 0 Å². The molecule has 1 aromatic carbocycles. The zero-order valence-electron chi connectivity index (χ0n) is 12.9. The molecular formula is C16H20O6. The summed E-state index contributed by atoms with van der Waals surface area (Å²) in [6.07, 6.45) is 2.52. The number of benzene rings is 1. The topological polar surface area (TPSA) is 82.1 Å². The third-order valence-electron chi connectivity index (χ3n) is 2.82. The van der Waals surface area contributed by atoms with E-state index >= 15 is 0 Å². The number of carbonyl (C=O) groups excluding carboxylic acids is 1. The van der Waals surface area contributed by atoms with Gasteiger partial charge in [0.25, 0.3) is 0 Å². The normalized spacial score (nSPS) is 12.0. The lowest BCUT2D eigenvalue weighted by atomic mass is 10.1. The van der Waals surface area contributed by atoms with Gasteiger partial charge in [-0.25, -0.2) is 4.79 Å². The highest BCUT2D eigenvalue weighted by Gasteiger charge is 2.11. The fraction of sp³-hybridized carbons (Fsp3) is 0.375. The molecule has 0 aromatic heterocycles. The molecule has 1 rings (SSSR count). The van der Waals surface area contributed by atoms with Crippen molar-refractivity contribution < 1.29 is 28.9 Å². The van der Waals surface area contributed by atoms with E-state index in [2.05, 4.69) is 0 Å². The van der Waals surface area contributed by atoms with Gasteiger partial charge in [0.1, 0.15) is 17.6 Å². The number of esters is 1. The lowest BCUT2D eigenvalue weighted by Gasteiger charge is -2.12. The van der Waals surface area contributed by atoms with E-state index < -0.39 is 18.0 Å². The molecule has 0 bridgehead atoms. The quantitative estimate of drug-likeness (QED) is 0.585. The van der Waals surface area contributed by atoms with Gasteiger partial charge in [0, 0.05) is 18.6 Å². The van der Waals surface area contributed by atoms with Crippen LogP contribution in [0.5, 0.6) is 11.5 Å². The van der Waals surface area contributed by atoms with Crippen LogP contribution in [-0.4, -0.2) is 37.4 Å². The Kier molecular flexibility index (Phi) is 6.95. The van der Waals surface area contributed by atoms with Crippen molar-refractivity contribution in [3.63, 3.8) is 0 Å². The largest absolute Gasteiger partial charge is 0.497 e. The van der Waals surface area contributed by atoms with Crippen LogP contribution in [0.15, 0.2) is 30.4 Å². The Morgan fingerprint density at radius 1 is 1.18 bits per heavy atom. The van der Waals surface area contributed by atoms with Crippen LogP contribution in [-0.2, 0) is 20.7 Å². The summed E-state index contributed by atoms with van der Waals surface area (Å²) in [6.45, 7) is 1.70. The Morgan fingerprint density at radius 3 is 2.27 bits per heavy atom. The molecule has 0 saturated heterocycles. The number of aliphatic carboxylic acids is 1. The molecule has 0 amide bonds. The molecule has 0 heterocycles. The summed E-state index contributed by atoms with van der Waals surface area (Å²) in [6, 6.07) is 5.19. The molecule has 1 N–H and O–H groups in total. The first kappa shape index (κ1) is 17.6. The molecule has 0 aliphatic carbocycles. The summed E-state index contributed by atoms with van der Waals surface area (Å²) in [4.78, 5) is 22.2. The average molecular weight is 308 g/mol. The maximum atomic E-state index is 11.9. The standard InChI is InChI=1S/C16H20O6/c1-11(5-4-6-15(17)18)22-16(19)9-12-7-13(20-2)10-14(8-12)21-3/h4,6-8,10-11H,5,9H2,1-3H3,(H,17,18)/b6-4+/t11-/m0/s1. The average Bonchev–Trinajstić information content (AvgIpc) is 2.45. The van der Waals surface area contributed by atoms with Gasteiger partial charge in [-0.15, -0.1) is 0 Å². The van der Waals surface area contributed by atoms with Crippen LogP contribution >= 0.6 is 0 Å². The van der Waals surface area contributed by atoms with Gasteiger partial charge in [-0.05, 0) is 24.6 Å². The van der Waals surface area contributed by atoms with Crippen LogP contribution in [0.2, 0.25) is 0 Å². The third kappa shape index (κ3) is 6.30. The van der Waals surface area contributed by atoms with Crippen molar-refractivity contribution in [3.8, 4) is 11.5 Å². The van der Waals surface area contributed by atoms with E-state index in [-0.39, 0.29) is 6.42 Å². The Labute approximate surface area is 129 Å². The first-order valence-electron chi connectivity index (χ1n) is 6.75. The van der Waals surface area contributed by atoms with E-state index in [1.165, 1.54) is 20.3 Å². The van der Waals surface area contributed by atoms with E-state index in [1.54, 1.807) is 25.1 Å². The molecule has 120 valence electrons. The van der Waals surface area contributed by atoms with Crippen molar-refractivity contribution in [2.45, 2.75) is 25.9 Å². The van der Waals surface area contributed by atoms with Crippen molar-refractivity contribution in [3.05, 3.63) is 35.9 Å². The predicted octanol–water partition coefficient (Wildman–Crippen LogP) is 2.21. The first-order valence-corrected chi connectivity index (χ1v) is 6.75. The van der Waals surface area contributed by atoms with Gasteiger partial charge in [0.2, 0.25) is 0 Å². The Hall–Kier alpha value is -2.50. The smallest absolute Gasteiger partial charge is 0.327 e. The molecule has 0 spiro atoms. The van der Waals surface area contributed by atoms with Crippen LogP contribution in [0.1, 0.15) is 18.9 Å². The van der Waals surface area contributed by atoms with Crippen LogP contribution in [0, 0.1) is 0 Å². The van der Waals surface area contributed by atoms with Gasteiger partial charge < -0.3 is 19.3 Å². The highest BCUT2D eigenvalue weighted by atomic mass is 16.5. The van der Waals surface area contributed by atoms with Crippen molar-refractivity contribution in [2.75, 3.05) is 14.2 Å². The van der Waals surface area contributed by atoms with Crippen molar-refractivity contribution in [1.82, 2.24) is 0 Å². The van der Waals surface area contributed by atoms with Gasteiger partial charge >= 0.3 is 11.9 Å². The highest BCUT2D eigenvalue weighted by molar-refractivity contribution is 5.79. The van der Waals surface area contributed by atoms with Crippen LogP contribution in [0.3, 0.4) is 0 Å². The van der Waals surface area contributed by atoms with Gasteiger partial charge in [-0.1, -0.05) is 6.08 Å². The van der Waals surface area contributed by atoms with Crippen molar-refractivity contribution in [2.24, 2.45) is 0 Å². The summed E-state index contributed by atoms with van der Waals surface area (Å²) < 4.78 is 15.5. The molecule has 0 radical (unpaired) electrons. The fourth-order valence-corrected chi connectivity index (χ4v) is 1.81. The Bertz CT molecular complexity index is 527. The van der Waals surface area contributed by atoms with Crippen LogP contribution < -0.4 is 9.47 Å². The second kappa shape index (κ2) is 8.71. The minimum absolute atomic E-state index is 0.0839. The van der Waals surface area contributed by atoms with Crippen LogP contribution in [0.25, 0.3) is 0 Å². The first-order chi connectivity index (χ1) is 10.4. The maximum absolute atomic E-state index is 11.9. The Balaban J connectivity index is 2.59. The molecule has 6 nitrogen and oxygen atoms in total. The maximum Gasteiger partial charge on any atom is 0.327 e. The fourth-order valence-electron chi connectivity index (χ4n) is 1.81. The lowest BCUT2D eigenvalue weighted by molar-refractivity contribution is -0.147. The molecule has 0 aliphatic heterocycles. The summed E-state index contributed by atoms with van der Waals surface area (Å²) in [5, 5.41) is 8.48. The lowest BCUT2D eigenvalue weighted by Crippen LogP contribution is -2.16. The zero-order chi connectivity index (χ0) is 16.5. The second-order valence-electron chi connectivity index (χ2n) is 4.67. The summed E-state index contributed by atoms with van der Waals surface area (Å²) in [5.74, 6) is -0.229. The SMILES string of the molecule is COc1cc(CC(=O)O[C@@H](C)C/C=C/C(=O)O)cc(OC)c1. The Morgan fingerprint density at radius 2 is 1.77 bits per heavy atom. The van der Waals surface area contributed by atoms with Gasteiger partial charge in [0.15, 0.2) is 0 Å². The number of carboxylic acids is 1. The molecular weight excluding hydrogens is 288 g/mol. The van der Waals surface area contributed by atoms with Gasteiger partial charge in [-0.3, -0.25) is 4.79 Å². The third-order valence-corrected chi connectivity index (χ3v) is 2.82. The number of methoxy groups -OCH3 is 2. The van der Waals surface area contributed by atoms with E-state index in [0.717, 1.165) is 11.6 Å². The molecule has 0 aliphatic rings. The molecule has 0 saturated carbocycles. The number of hydrogen-bond acceptors (Lipinski definition) is 5. The molecule has 0 fully saturated rings. The second-order valence-corrected chi connectivity index (χ2v) is 4.67. The van der Waals surface area contributed by atoms with E-state index in [0.29, 0.717) is 17.9 Å². The number of hydrogen-bond donors (Lipinski definition) is 1. The summed E-state index contributed by atoms with van der Waals surface area (Å²) >= 11 is 0. The van der Waals surface area contributed by atoms with Gasteiger partial charge in [0.05, 0.1) is 20.6 Å². The minimum atomic E-state index is -1.03. The van der Waals surface area contributed by atoms with E-state index in [1.807, 2.05) is 0 Å². The molecule has 0 unspecified atom stereocenters. The van der Waals surface area contributed by atoms with E-state index in [4.69, 9.17) is 19.3 Å².